The zero-order chi connectivity index (χ0) is 19.9. The van der Waals surface area contributed by atoms with Crippen molar-refractivity contribution < 1.29 is 23.0 Å². The quantitative estimate of drug-likeness (QED) is 0.664. The highest BCUT2D eigenvalue weighted by atomic mass is 19.3. The average molecular weight is 390 g/mol. The van der Waals surface area contributed by atoms with Crippen molar-refractivity contribution in [2.45, 2.75) is 32.6 Å². The molecule has 28 heavy (non-hydrogen) atoms. The number of benzene rings is 2. The van der Waals surface area contributed by atoms with E-state index in [0.717, 1.165) is 17.7 Å². The second-order valence-corrected chi connectivity index (χ2v) is 6.97. The highest BCUT2D eigenvalue weighted by Gasteiger charge is 2.21. The summed E-state index contributed by atoms with van der Waals surface area (Å²) in [6.45, 7) is -1.19. The molecule has 1 aliphatic carbocycles. The first-order valence-corrected chi connectivity index (χ1v) is 9.22. The Bertz CT molecular complexity index is 779. The van der Waals surface area contributed by atoms with Crippen LogP contribution in [0, 0.1) is 5.92 Å². The lowest BCUT2D eigenvalue weighted by molar-refractivity contribution is -0.0498. The summed E-state index contributed by atoms with van der Waals surface area (Å²) in [4.78, 5) is 13.9. The molecule has 0 heterocycles. The monoisotopic (exact) mass is 390 g/mol. The van der Waals surface area contributed by atoms with E-state index in [2.05, 4.69) is 10.1 Å². The minimum absolute atomic E-state index is 0.0894. The Morgan fingerprint density at radius 3 is 2.61 bits per heavy atom. The number of urea groups is 1. The number of ether oxygens (including phenoxy) is 2. The van der Waals surface area contributed by atoms with Gasteiger partial charge in [-0.05, 0) is 54.2 Å². The summed E-state index contributed by atoms with van der Waals surface area (Å²) >= 11 is 0. The van der Waals surface area contributed by atoms with Crippen LogP contribution < -0.4 is 10.1 Å². The van der Waals surface area contributed by atoms with Crippen molar-refractivity contribution in [2.75, 3.05) is 19.0 Å². The normalized spacial score (nSPS) is 13.4. The molecular formula is C21H24F2N2O3. The number of alkyl halides is 2. The molecule has 3 rings (SSSR count). The van der Waals surface area contributed by atoms with Crippen LogP contribution >= 0.6 is 0 Å². The van der Waals surface area contributed by atoms with Gasteiger partial charge in [0.15, 0.2) is 0 Å². The van der Waals surface area contributed by atoms with Crippen molar-refractivity contribution in [1.29, 1.82) is 0 Å². The molecule has 1 aliphatic rings. The van der Waals surface area contributed by atoms with Gasteiger partial charge in [0.2, 0.25) is 0 Å². The van der Waals surface area contributed by atoms with Crippen LogP contribution in [-0.4, -0.2) is 31.2 Å². The highest BCUT2D eigenvalue weighted by molar-refractivity contribution is 5.89. The number of hydrogen-bond acceptors (Lipinski definition) is 3. The smallest absolute Gasteiger partial charge is 0.387 e. The van der Waals surface area contributed by atoms with Gasteiger partial charge in [0.25, 0.3) is 0 Å². The molecule has 0 saturated heterocycles. The number of hydrogen-bond donors (Lipinski definition) is 1. The standard InChI is InChI=1S/C21H24F2N2O3/c1-25(12-15-7-9-19(10-8-15)28-20(22)23)21(26)24-18-4-2-3-17(11-18)14-27-13-16-5-6-16/h2-4,7-11,16,20H,5-6,12-14H2,1H3,(H,24,26). The van der Waals surface area contributed by atoms with Crippen molar-refractivity contribution in [3.05, 3.63) is 59.7 Å². The van der Waals surface area contributed by atoms with E-state index in [9.17, 15) is 13.6 Å². The first-order chi connectivity index (χ1) is 13.5. The Balaban J connectivity index is 1.49. The zero-order valence-corrected chi connectivity index (χ0v) is 15.7. The average Bonchev–Trinajstić information content (AvgIpc) is 3.47. The molecule has 0 radical (unpaired) electrons. The molecule has 7 heteroatoms. The molecule has 0 atom stereocenters. The van der Waals surface area contributed by atoms with Crippen LogP contribution in [0.2, 0.25) is 0 Å². The van der Waals surface area contributed by atoms with Crippen LogP contribution in [0.4, 0.5) is 19.3 Å². The van der Waals surface area contributed by atoms with Gasteiger partial charge in [-0.2, -0.15) is 8.78 Å². The van der Waals surface area contributed by atoms with E-state index < -0.39 is 6.61 Å². The third kappa shape index (κ3) is 6.49. The summed E-state index contributed by atoms with van der Waals surface area (Å²) in [5.74, 6) is 0.805. The van der Waals surface area contributed by atoms with Gasteiger partial charge in [-0.3, -0.25) is 0 Å². The van der Waals surface area contributed by atoms with Crippen molar-refractivity contribution in [3.8, 4) is 5.75 Å². The second-order valence-electron chi connectivity index (χ2n) is 6.97. The summed E-state index contributed by atoms with van der Waals surface area (Å²) in [6.07, 6.45) is 2.51. The number of nitrogens with zero attached hydrogens (tertiary/aromatic N) is 1. The Labute approximate surface area is 163 Å². The molecule has 0 aromatic heterocycles. The van der Waals surface area contributed by atoms with Crippen LogP contribution in [0.15, 0.2) is 48.5 Å². The number of nitrogens with one attached hydrogen (secondary N) is 1. The maximum Gasteiger partial charge on any atom is 0.387 e. The van der Waals surface area contributed by atoms with E-state index in [-0.39, 0.29) is 11.8 Å². The lowest BCUT2D eigenvalue weighted by Gasteiger charge is -2.18. The first-order valence-electron chi connectivity index (χ1n) is 9.22. The molecule has 1 N–H and O–H groups in total. The summed E-state index contributed by atoms with van der Waals surface area (Å²) in [5.41, 5.74) is 2.52. The SMILES string of the molecule is CN(Cc1ccc(OC(F)F)cc1)C(=O)Nc1cccc(COCC2CC2)c1. The predicted molar refractivity (Wildman–Crippen MR) is 102 cm³/mol. The van der Waals surface area contributed by atoms with Crippen molar-refractivity contribution in [2.24, 2.45) is 5.92 Å². The fourth-order valence-electron chi connectivity index (χ4n) is 2.71. The van der Waals surface area contributed by atoms with Crippen LogP contribution in [0.3, 0.4) is 0 Å². The van der Waals surface area contributed by atoms with Crippen LogP contribution in [0.25, 0.3) is 0 Å². The molecule has 0 bridgehead atoms. The molecule has 5 nitrogen and oxygen atoms in total. The topological polar surface area (TPSA) is 50.8 Å². The van der Waals surface area contributed by atoms with Crippen LogP contribution in [0.5, 0.6) is 5.75 Å². The molecule has 1 fully saturated rings. The van der Waals surface area contributed by atoms with Gasteiger partial charge < -0.3 is 19.7 Å². The van der Waals surface area contributed by atoms with Crippen molar-refractivity contribution >= 4 is 11.7 Å². The zero-order valence-electron chi connectivity index (χ0n) is 15.7. The Morgan fingerprint density at radius 1 is 1.18 bits per heavy atom. The Morgan fingerprint density at radius 2 is 1.93 bits per heavy atom. The van der Waals surface area contributed by atoms with E-state index in [1.54, 1.807) is 19.2 Å². The molecule has 150 valence electrons. The van der Waals surface area contributed by atoms with E-state index >= 15 is 0 Å². The maximum absolute atomic E-state index is 12.4. The lowest BCUT2D eigenvalue weighted by Crippen LogP contribution is -2.30. The van der Waals surface area contributed by atoms with Crippen molar-refractivity contribution in [3.63, 3.8) is 0 Å². The number of anilines is 1. The third-order valence-electron chi connectivity index (χ3n) is 4.41. The molecule has 2 aromatic carbocycles. The predicted octanol–water partition coefficient (Wildman–Crippen LogP) is 4.88. The highest BCUT2D eigenvalue weighted by Crippen LogP contribution is 2.29. The van der Waals surface area contributed by atoms with Crippen LogP contribution in [-0.2, 0) is 17.9 Å². The number of carbonyl (C=O) groups excluding carboxylic acids is 1. The first kappa shape index (κ1) is 20.1. The molecule has 0 aliphatic heterocycles. The Kier molecular flexibility index (Phi) is 6.81. The fraction of sp³-hybridized carbons (Fsp3) is 0.381. The number of halogens is 2. The van der Waals surface area contributed by atoms with E-state index in [1.807, 2.05) is 24.3 Å². The summed E-state index contributed by atoms with van der Waals surface area (Å²) in [7, 11) is 1.67. The third-order valence-corrected chi connectivity index (χ3v) is 4.41. The van der Waals surface area contributed by atoms with Gasteiger partial charge in [0.1, 0.15) is 5.75 Å². The van der Waals surface area contributed by atoms with Gasteiger partial charge in [-0.1, -0.05) is 24.3 Å². The number of rotatable bonds is 9. The molecule has 0 spiro atoms. The van der Waals surface area contributed by atoms with Gasteiger partial charge in [-0.25, -0.2) is 4.79 Å². The van der Waals surface area contributed by atoms with Crippen molar-refractivity contribution in [1.82, 2.24) is 4.90 Å². The number of amides is 2. The molecule has 2 aromatic rings. The lowest BCUT2D eigenvalue weighted by atomic mass is 10.2. The summed E-state index contributed by atoms with van der Waals surface area (Å²) in [6, 6.07) is 13.5. The van der Waals surface area contributed by atoms with Gasteiger partial charge in [-0.15, -0.1) is 0 Å². The van der Waals surface area contributed by atoms with Gasteiger partial charge >= 0.3 is 12.6 Å². The van der Waals surface area contributed by atoms with E-state index in [4.69, 9.17) is 4.74 Å². The fourth-order valence-corrected chi connectivity index (χ4v) is 2.71. The largest absolute Gasteiger partial charge is 0.435 e. The minimum Gasteiger partial charge on any atom is -0.435 e. The van der Waals surface area contributed by atoms with Gasteiger partial charge in [0.05, 0.1) is 6.61 Å². The molecule has 2 amide bonds. The van der Waals surface area contributed by atoms with E-state index in [1.165, 1.54) is 29.9 Å². The van der Waals surface area contributed by atoms with Gasteiger partial charge in [0, 0.05) is 25.9 Å². The summed E-state index contributed by atoms with van der Waals surface area (Å²) in [5, 5.41) is 2.86. The summed E-state index contributed by atoms with van der Waals surface area (Å²) < 4.78 is 34.4. The van der Waals surface area contributed by atoms with E-state index in [0.29, 0.717) is 24.8 Å². The number of carbonyl (C=O) groups is 1. The maximum atomic E-state index is 12.4. The molecule has 0 unspecified atom stereocenters. The van der Waals surface area contributed by atoms with Crippen LogP contribution in [0.1, 0.15) is 24.0 Å². The second kappa shape index (κ2) is 9.50. The molecular weight excluding hydrogens is 366 g/mol. The minimum atomic E-state index is -2.85. The Hall–Kier alpha value is -2.67. The molecule has 1 saturated carbocycles.